The number of benzene rings is 1. The Morgan fingerprint density at radius 3 is 2.77 bits per heavy atom. The molecule has 2 aromatic heterocycles. The molecule has 0 saturated carbocycles. The van der Waals surface area contributed by atoms with Gasteiger partial charge in [-0.3, -0.25) is 9.59 Å². The maximum atomic E-state index is 12.0. The maximum Gasteiger partial charge on any atom is 0.262 e. The van der Waals surface area contributed by atoms with Crippen LogP contribution in [0.3, 0.4) is 0 Å². The molecule has 22 heavy (non-hydrogen) atoms. The lowest BCUT2D eigenvalue weighted by Crippen LogP contribution is -2.15. The van der Waals surface area contributed by atoms with Gasteiger partial charge in [-0.2, -0.15) is 5.10 Å². The molecule has 0 saturated heterocycles. The molecule has 1 aromatic carbocycles. The quantitative estimate of drug-likeness (QED) is 0.552. The fourth-order valence-corrected chi connectivity index (χ4v) is 2.60. The first-order valence-corrected chi connectivity index (χ1v) is 7.56. The number of primary amides is 1. The Labute approximate surface area is 133 Å². The van der Waals surface area contributed by atoms with Crippen LogP contribution in [0.4, 0.5) is 0 Å². The second-order valence-corrected chi connectivity index (χ2v) is 5.80. The molecular weight excluding hydrogens is 326 g/mol. The molecule has 0 bridgehead atoms. The number of aromatic nitrogens is 4. The molecule has 3 rings (SSSR count). The SMILES string of the molecule is NC(=O)CSc1nc2c(cnn2-c2ccc(Cl)cc2)c(=O)[nH]1. The number of thioether (sulfide) groups is 1. The number of carbonyl (C=O) groups excluding carboxylic acids is 1. The second kappa shape index (κ2) is 5.82. The molecule has 3 aromatic rings. The lowest BCUT2D eigenvalue weighted by Gasteiger charge is -2.04. The summed E-state index contributed by atoms with van der Waals surface area (Å²) in [5.74, 6) is -0.456. The monoisotopic (exact) mass is 335 g/mol. The zero-order chi connectivity index (χ0) is 15.7. The average Bonchev–Trinajstić information content (AvgIpc) is 2.90. The lowest BCUT2D eigenvalue weighted by atomic mass is 10.3. The number of carbonyl (C=O) groups is 1. The Hall–Kier alpha value is -2.32. The number of nitrogens with two attached hydrogens (primary N) is 1. The molecule has 3 N–H and O–H groups in total. The van der Waals surface area contributed by atoms with Gasteiger partial charge in [-0.1, -0.05) is 23.4 Å². The second-order valence-electron chi connectivity index (χ2n) is 4.40. The maximum absolute atomic E-state index is 12.0. The van der Waals surface area contributed by atoms with E-state index in [1.807, 2.05) is 0 Å². The number of rotatable bonds is 4. The zero-order valence-corrected chi connectivity index (χ0v) is 12.7. The van der Waals surface area contributed by atoms with Gasteiger partial charge in [0.1, 0.15) is 5.39 Å². The third-order valence-electron chi connectivity index (χ3n) is 2.84. The normalized spacial score (nSPS) is 11.0. The summed E-state index contributed by atoms with van der Waals surface area (Å²) in [6, 6.07) is 6.99. The van der Waals surface area contributed by atoms with Gasteiger partial charge in [-0.05, 0) is 24.3 Å². The van der Waals surface area contributed by atoms with Crippen LogP contribution in [0, 0.1) is 0 Å². The van der Waals surface area contributed by atoms with Gasteiger partial charge < -0.3 is 10.7 Å². The Morgan fingerprint density at radius 2 is 2.09 bits per heavy atom. The molecule has 112 valence electrons. The van der Waals surface area contributed by atoms with E-state index in [4.69, 9.17) is 17.3 Å². The predicted octanol–water partition coefficient (Wildman–Crippen LogP) is 1.34. The molecule has 1 amide bonds. The van der Waals surface area contributed by atoms with Gasteiger partial charge in [0, 0.05) is 5.02 Å². The van der Waals surface area contributed by atoms with Gasteiger partial charge in [0.05, 0.1) is 17.6 Å². The Kier molecular flexibility index (Phi) is 3.86. The minimum atomic E-state index is -0.487. The van der Waals surface area contributed by atoms with E-state index >= 15 is 0 Å². The van der Waals surface area contributed by atoms with Crippen LogP contribution in [0.15, 0.2) is 40.4 Å². The van der Waals surface area contributed by atoms with Gasteiger partial charge >= 0.3 is 0 Å². The van der Waals surface area contributed by atoms with Gasteiger partial charge in [0.2, 0.25) is 5.91 Å². The van der Waals surface area contributed by atoms with E-state index in [9.17, 15) is 9.59 Å². The predicted molar refractivity (Wildman–Crippen MR) is 84.4 cm³/mol. The molecule has 7 nitrogen and oxygen atoms in total. The number of nitrogens with zero attached hydrogens (tertiary/aromatic N) is 3. The van der Waals surface area contributed by atoms with Crippen molar-refractivity contribution < 1.29 is 4.79 Å². The van der Waals surface area contributed by atoms with E-state index in [-0.39, 0.29) is 11.3 Å². The molecule has 0 aliphatic rings. The summed E-state index contributed by atoms with van der Waals surface area (Å²) >= 11 is 6.93. The van der Waals surface area contributed by atoms with E-state index in [2.05, 4.69) is 15.1 Å². The highest BCUT2D eigenvalue weighted by Crippen LogP contribution is 2.19. The summed E-state index contributed by atoms with van der Waals surface area (Å²) in [4.78, 5) is 29.8. The summed E-state index contributed by atoms with van der Waals surface area (Å²) < 4.78 is 1.54. The van der Waals surface area contributed by atoms with Crippen molar-refractivity contribution in [3.05, 3.63) is 45.8 Å². The summed E-state index contributed by atoms with van der Waals surface area (Å²) in [5, 5.41) is 5.45. The van der Waals surface area contributed by atoms with E-state index < -0.39 is 5.91 Å². The molecule has 9 heteroatoms. The molecule has 0 spiro atoms. The van der Waals surface area contributed by atoms with Crippen molar-refractivity contribution in [1.29, 1.82) is 0 Å². The number of hydrogen-bond acceptors (Lipinski definition) is 5. The van der Waals surface area contributed by atoms with Gasteiger partial charge in [0.25, 0.3) is 5.56 Å². The smallest absolute Gasteiger partial charge is 0.262 e. The van der Waals surface area contributed by atoms with Gasteiger partial charge in [-0.25, -0.2) is 9.67 Å². The number of H-pyrrole nitrogens is 1. The highest BCUT2D eigenvalue weighted by molar-refractivity contribution is 7.99. The Balaban J connectivity index is 2.10. The topological polar surface area (TPSA) is 107 Å². The summed E-state index contributed by atoms with van der Waals surface area (Å²) in [6.07, 6.45) is 1.44. The van der Waals surface area contributed by atoms with E-state index in [0.29, 0.717) is 21.2 Å². The van der Waals surface area contributed by atoms with Crippen molar-refractivity contribution in [3.63, 3.8) is 0 Å². The number of amides is 1. The molecule has 0 atom stereocenters. The third kappa shape index (κ3) is 2.83. The summed E-state index contributed by atoms with van der Waals surface area (Å²) in [5.41, 5.74) is 5.90. The first-order valence-electron chi connectivity index (χ1n) is 6.19. The van der Waals surface area contributed by atoms with Crippen LogP contribution in [0.2, 0.25) is 5.02 Å². The van der Waals surface area contributed by atoms with Crippen LogP contribution in [-0.4, -0.2) is 31.4 Å². The van der Waals surface area contributed by atoms with Crippen LogP contribution >= 0.6 is 23.4 Å². The summed E-state index contributed by atoms with van der Waals surface area (Å²) in [7, 11) is 0. The number of fused-ring (bicyclic) bond motifs is 1. The van der Waals surface area contributed by atoms with Crippen LogP contribution in [0.1, 0.15) is 0 Å². The fraction of sp³-hybridized carbons (Fsp3) is 0.0769. The zero-order valence-electron chi connectivity index (χ0n) is 11.1. The van der Waals surface area contributed by atoms with E-state index in [1.165, 1.54) is 10.9 Å². The highest BCUT2D eigenvalue weighted by Gasteiger charge is 2.12. The van der Waals surface area contributed by atoms with Gasteiger partial charge in [-0.15, -0.1) is 0 Å². The van der Waals surface area contributed by atoms with Gasteiger partial charge in [0.15, 0.2) is 10.8 Å². The Morgan fingerprint density at radius 1 is 1.36 bits per heavy atom. The van der Waals surface area contributed by atoms with Crippen LogP contribution in [-0.2, 0) is 4.79 Å². The first kappa shape index (κ1) is 14.6. The number of hydrogen-bond donors (Lipinski definition) is 2. The fourth-order valence-electron chi connectivity index (χ4n) is 1.88. The first-order chi connectivity index (χ1) is 10.5. The highest BCUT2D eigenvalue weighted by atomic mass is 35.5. The van der Waals surface area contributed by atoms with Crippen molar-refractivity contribution in [2.24, 2.45) is 5.73 Å². The molecular formula is C13H10ClN5O2S. The molecule has 0 aliphatic heterocycles. The van der Waals surface area contributed by atoms with Crippen molar-refractivity contribution in [2.75, 3.05) is 5.75 Å². The van der Waals surface area contributed by atoms with Crippen molar-refractivity contribution in [1.82, 2.24) is 19.7 Å². The standard InChI is InChI=1S/C13H10ClN5O2S/c14-7-1-3-8(4-2-7)19-11-9(5-16-19)12(21)18-13(17-11)22-6-10(15)20/h1-5H,6H2,(H2,15,20)(H,17,18,21). The number of nitrogens with one attached hydrogen (secondary N) is 1. The Bertz CT molecular complexity index is 903. The minimum absolute atomic E-state index is 0.0313. The van der Waals surface area contributed by atoms with Crippen LogP contribution in [0.25, 0.3) is 16.7 Å². The van der Waals surface area contributed by atoms with E-state index in [0.717, 1.165) is 17.4 Å². The molecule has 0 radical (unpaired) electrons. The van der Waals surface area contributed by atoms with Crippen molar-refractivity contribution in [2.45, 2.75) is 5.16 Å². The average molecular weight is 336 g/mol. The van der Waals surface area contributed by atoms with Crippen molar-refractivity contribution in [3.8, 4) is 5.69 Å². The van der Waals surface area contributed by atoms with Crippen LogP contribution < -0.4 is 11.3 Å². The van der Waals surface area contributed by atoms with Crippen molar-refractivity contribution >= 4 is 40.3 Å². The number of halogens is 1. The summed E-state index contributed by atoms with van der Waals surface area (Å²) in [6.45, 7) is 0. The molecule has 0 unspecified atom stereocenters. The molecule has 0 aliphatic carbocycles. The van der Waals surface area contributed by atoms with Crippen LogP contribution in [0.5, 0.6) is 0 Å². The molecule has 2 heterocycles. The lowest BCUT2D eigenvalue weighted by molar-refractivity contribution is -0.115. The van der Waals surface area contributed by atoms with E-state index in [1.54, 1.807) is 24.3 Å². The minimum Gasteiger partial charge on any atom is -0.369 e. The third-order valence-corrected chi connectivity index (χ3v) is 3.99. The largest absolute Gasteiger partial charge is 0.369 e. The number of aromatic amines is 1. The molecule has 0 fully saturated rings.